The molecule has 2 rings (SSSR count). The number of hydrogen-bond acceptors (Lipinski definition) is 2. The summed E-state index contributed by atoms with van der Waals surface area (Å²) < 4.78 is 2.00. The molecule has 0 saturated heterocycles. The average molecular weight is 261 g/mol. The van der Waals surface area contributed by atoms with Gasteiger partial charge in [-0.1, -0.05) is 12.2 Å². The molecule has 19 heavy (non-hydrogen) atoms. The molecule has 1 aromatic heterocycles. The molecule has 1 heterocycles. The number of amides is 1. The van der Waals surface area contributed by atoms with Gasteiger partial charge in [-0.2, -0.15) is 5.10 Å². The second kappa shape index (κ2) is 6.55. The molecule has 1 aliphatic rings. The second-order valence-corrected chi connectivity index (χ2v) is 5.28. The monoisotopic (exact) mass is 261 g/mol. The van der Waals surface area contributed by atoms with E-state index in [2.05, 4.69) is 35.6 Å². The van der Waals surface area contributed by atoms with Crippen LogP contribution in [0.25, 0.3) is 0 Å². The molecule has 0 unspecified atom stereocenters. The SMILES string of the molecule is Cc1cc(C)n(CCCNC(=O)[C@@H]2CC=CCC2)n1. The fourth-order valence-corrected chi connectivity index (χ4v) is 2.52. The van der Waals surface area contributed by atoms with Crippen LogP contribution in [0.1, 0.15) is 37.1 Å². The first-order valence-corrected chi connectivity index (χ1v) is 7.10. The van der Waals surface area contributed by atoms with Crippen molar-refractivity contribution in [2.75, 3.05) is 6.54 Å². The summed E-state index contributed by atoms with van der Waals surface area (Å²) in [5.41, 5.74) is 2.23. The van der Waals surface area contributed by atoms with Gasteiger partial charge in [0.2, 0.25) is 5.91 Å². The molecule has 1 N–H and O–H groups in total. The van der Waals surface area contributed by atoms with Gasteiger partial charge in [-0.3, -0.25) is 9.48 Å². The number of rotatable bonds is 5. The molecule has 0 bridgehead atoms. The third-order valence-electron chi connectivity index (χ3n) is 3.59. The average Bonchev–Trinajstić information content (AvgIpc) is 2.74. The van der Waals surface area contributed by atoms with E-state index in [1.54, 1.807) is 0 Å². The standard InChI is InChI=1S/C15H23N3O/c1-12-11-13(2)18(17-12)10-6-9-16-15(19)14-7-4-3-5-8-14/h3-4,11,14H,5-10H2,1-2H3,(H,16,19)/t14-/m1/s1. The van der Waals surface area contributed by atoms with Crippen LogP contribution in [-0.2, 0) is 11.3 Å². The number of hydrogen-bond donors (Lipinski definition) is 1. The number of carbonyl (C=O) groups excluding carboxylic acids is 1. The maximum Gasteiger partial charge on any atom is 0.223 e. The van der Waals surface area contributed by atoms with E-state index in [9.17, 15) is 4.79 Å². The van der Waals surface area contributed by atoms with E-state index >= 15 is 0 Å². The Balaban J connectivity index is 1.67. The van der Waals surface area contributed by atoms with Gasteiger partial charge in [0.1, 0.15) is 0 Å². The molecule has 1 aliphatic carbocycles. The lowest BCUT2D eigenvalue weighted by Gasteiger charge is -2.17. The molecule has 1 amide bonds. The normalized spacial score (nSPS) is 18.5. The maximum absolute atomic E-state index is 11.9. The van der Waals surface area contributed by atoms with Crippen LogP contribution in [0.3, 0.4) is 0 Å². The lowest BCUT2D eigenvalue weighted by atomic mass is 9.94. The highest BCUT2D eigenvalue weighted by Crippen LogP contribution is 2.17. The lowest BCUT2D eigenvalue weighted by Crippen LogP contribution is -2.32. The first-order chi connectivity index (χ1) is 9.16. The van der Waals surface area contributed by atoms with Crippen molar-refractivity contribution < 1.29 is 4.79 Å². The Hall–Kier alpha value is -1.58. The Morgan fingerprint density at radius 2 is 2.32 bits per heavy atom. The van der Waals surface area contributed by atoms with Crippen molar-refractivity contribution in [2.45, 2.75) is 46.1 Å². The van der Waals surface area contributed by atoms with Gasteiger partial charge in [0.05, 0.1) is 5.69 Å². The number of nitrogens with zero attached hydrogens (tertiary/aromatic N) is 2. The maximum atomic E-state index is 11.9. The van der Waals surface area contributed by atoms with Crippen LogP contribution in [0.2, 0.25) is 0 Å². The molecule has 0 saturated carbocycles. The minimum absolute atomic E-state index is 0.179. The van der Waals surface area contributed by atoms with Crippen LogP contribution in [0.5, 0.6) is 0 Å². The lowest BCUT2D eigenvalue weighted by molar-refractivity contribution is -0.125. The number of carbonyl (C=O) groups is 1. The molecule has 0 spiro atoms. The Kier molecular flexibility index (Phi) is 4.77. The number of aromatic nitrogens is 2. The van der Waals surface area contributed by atoms with Crippen molar-refractivity contribution in [1.82, 2.24) is 15.1 Å². The smallest absolute Gasteiger partial charge is 0.223 e. The van der Waals surface area contributed by atoms with Crippen molar-refractivity contribution >= 4 is 5.91 Å². The van der Waals surface area contributed by atoms with Gasteiger partial charge in [-0.15, -0.1) is 0 Å². The van der Waals surface area contributed by atoms with E-state index in [0.29, 0.717) is 0 Å². The number of nitrogens with one attached hydrogen (secondary N) is 1. The Morgan fingerprint density at radius 1 is 1.47 bits per heavy atom. The van der Waals surface area contributed by atoms with Gasteiger partial charge in [-0.25, -0.2) is 0 Å². The largest absolute Gasteiger partial charge is 0.356 e. The van der Waals surface area contributed by atoms with Crippen molar-refractivity contribution in [2.24, 2.45) is 5.92 Å². The van der Waals surface area contributed by atoms with Crippen LogP contribution < -0.4 is 5.32 Å². The van der Waals surface area contributed by atoms with E-state index in [0.717, 1.165) is 44.5 Å². The third-order valence-corrected chi connectivity index (χ3v) is 3.59. The zero-order valence-electron chi connectivity index (χ0n) is 11.9. The molecule has 104 valence electrons. The zero-order valence-corrected chi connectivity index (χ0v) is 11.9. The summed E-state index contributed by atoms with van der Waals surface area (Å²) in [6, 6.07) is 2.08. The Morgan fingerprint density at radius 3 is 2.95 bits per heavy atom. The van der Waals surface area contributed by atoms with Gasteiger partial charge >= 0.3 is 0 Å². The van der Waals surface area contributed by atoms with Crippen molar-refractivity contribution in [1.29, 1.82) is 0 Å². The molecule has 1 atom stereocenters. The molecular formula is C15H23N3O. The molecule has 0 aliphatic heterocycles. The van der Waals surface area contributed by atoms with Crippen LogP contribution in [0.15, 0.2) is 18.2 Å². The van der Waals surface area contributed by atoms with Crippen LogP contribution in [-0.4, -0.2) is 22.2 Å². The quantitative estimate of drug-likeness (QED) is 0.653. The molecule has 1 aromatic rings. The summed E-state index contributed by atoms with van der Waals surface area (Å²) in [7, 11) is 0. The summed E-state index contributed by atoms with van der Waals surface area (Å²) in [6.45, 7) is 5.66. The van der Waals surface area contributed by atoms with Crippen LogP contribution in [0, 0.1) is 19.8 Å². The van der Waals surface area contributed by atoms with E-state index < -0.39 is 0 Å². The molecule has 0 aromatic carbocycles. The highest BCUT2D eigenvalue weighted by atomic mass is 16.1. The first-order valence-electron chi connectivity index (χ1n) is 7.10. The van der Waals surface area contributed by atoms with E-state index in [-0.39, 0.29) is 11.8 Å². The summed E-state index contributed by atoms with van der Waals surface area (Å²) in [5.74, 6) is 0.386. The summed E-state index contributed by atoms with van der Waals surface area (Å²) in [6.07, 6.45) is 8.11. The summed E-state index contributed by atoms with van der Waals surface area (Å²) in [5, 5.41) is 7.45. The van der Waals surface area contributed by atoms with Crippen molar-refractivity contribution in [3.63, 3.8) is 0 Å². The van der Waals surface area contributed by atoms with Crippen molar-refractivity contribution in [3.8, 4) is 0 Å². The van der Waals surface area contributed by atoms with E-state index in [4.69, 9.17) is 0 Å². The number of aryl methyl sites for hydroxylation is 3. The molecule has 0 fully saturated rings. The zero-order chi connectivity index (χ0) is 13.7. The van der Waals surface area contributed by atoms with Crippen molar-refractivity contribution in [3.05, 3.63) is 29.6 Å². The third kappa shape index (κ3) is 3.94. The summed E-state index contributed by atoms with van der Waals surface area (Å²) in [4.78, 5) is 11.9. The van der Waals surface area contributed by atoms with E-state index in [1.165, 1.54) is 5.69 Å². The molecular weight excluding hydrogens is 238 g/mol. The Bertz CT molecular complexity index is 462. The fourth-order valence-electron chi connectivity index (χ4n) is 2.52. The molecule has 0 radical (unpaired) electrons. The topological polar surface area (TPSA) is 46.9 Å². The Labute approximate surface area is 114 Å². The molecule has 4 nitrogen and oxygen atoms in total. The minimum atomic E-state index is 0.179. The van der Waals surface area contributed by atoms with Crippen LogP contribution in [0.4, 0.5) is 0 Å². The molecule has 4 heteroatoms. The second-order valence-electron chi connectivity index (χ2n) is 5.28. The predicted molar refractivity (Wildman–Crippen MR) is 75.8 cm³/mol. The van der Waals surface area contributed by atoms with Gasteiger partial charge in [-0.05, 0) is 45.6 Å². The first kappa shape index (κ1) is 13.8. The highest BCUT2D eigenvalue weighted by Gasteiger charge is 2.17. The van der Waals surface area contributed by atoms with E-state index in [1.807, 2.05) is 11.6 Å². The van der Waals surface area contributed by atoms with Gasteiger partial charge in [0.25, 0.3) is 0 Å². The fraction of sp³-hybridized carbons (Fsp3) is 0.600. The number of allylic oxidation sites excluding steroid dienone is 2. The predicted octanol–water partition coefficient (Wildman–Crippen LogP) is 2.36. The van der Waals surface area contributed by atoms with Gasteiger partial charge < -0.3 is 5.32 Å². The summed E-state index contributed by atoms with van der Waals surface area (Å²) >= 11 is 0. The highest BCUT2D eigenvalue weighted by molar-refractivity contribution is 5.78. The van der Waals surface area contributed by atoms with Crippen LogP contribution >= 0.6 is 0 Å². The minimum Gasteiger partial charge on any atom is -0.356 e. The van der Waals surface area contributed by atoms with Gasteiger partial charge in [0, 0.05) is 24.7 Å². The van der Waals surface area contributed by atoms with Gasteiger partial charge in [0.15, 0.2) is 0 Å².